The van der Waals surface area contributed by atoms with Crippen molar-refractivity contribution in [3.05, 3.63) is 64.6 Å². The maximum atomic E-state index is 13.5. The molecular formula is C22H14BrF3N2O3. The number of anilines is 2. The zero-order valence-electron chi connectivity index (χ0n) is 15.8. The summed E-state index contributed by atoms with van der Waals surface area (Å²) >= 11 is 3.31. The summed E-state index contributed by atoms with van der Waals surface area (Å²) in [4.78, 5) is 40.6. The van der Waals surface area contributed by atoms with Crippen LogP contribution in [0.4, 0.5) is 24.5 Å². The van der Waals surface area contributed by atoms with Crippen molar-refractivity contribution in [3.63, 3.8) is 0 Å². The number of para-hydroxylation sites is 1. The molecular weight excluding hydrogens is 477 g/mol. The zero-order chi connectivity index (χ0) is 22.1. The van der Waals surface area contributed by atoms with Crippen molar-refractivity contribution < 1.29 is 27.6 Å². The standard InChI is InChI=1S/C22H14BrF3N2O3/c23-11-6-9-16-15(10-11)13-7-8-14-17(18(13)28(16)21(31)22(24,25)26)20(30)27(19(14)29)12-4-2-1-3-5-12/h1-7,9-10,14,17-18H,8H2/t14-,17-,18+/m0/s1. The van der Waals surface area contributed by atoms with E-state index in [1.165, 1.54) is 6.07 Å². The fourth-order valence-electron chi connectivity index (χ4n) is 4.79. The molecule has 3 amide bonds. The molecule has 0 radical (unpaired) electrons. The molecule has 5 nitrogen and oxygen atoms in total. The fraction of sp³-hybridized carbons (Fsp3) is 0.227. The van der Waals surface area contributed by atoms with Crippen molar-refractivity contribution in [1.29, 1.82) is 0 Å². The number of imide groups is 1. The molecule has 0 unspecified atom stereocenters. The zero-order valence-corrected chi connectivity index (χ0v) is 17.4. The molecule has 158 valence electrons. The van der Waals surface area contributed by atoms with E-state index >= 15 is 0 Å². The van der Waals surface area contributed by atoms with Gasteiger partial charge in [0.1, 0.15) is 0 Å². The first-order valence-electron chi connectivity index (χ1n) is 9.53. The van der Waals surface area contributed by atoms with Crippen molar-refractivity contribution in [2.45, 2.75) is 18.6 Å². The summed E-state index contributed by atoms with van der Waals surface area (Å²) in [5.74, 6) is -5.03. The lowest BCUT2D eigenvalue weighted by atomic mass is 9.76. The van der Waals surface area contributed by atoms with E-state index < -0.39 is 41.8 Å². The Bertz CT molecular complexity index is 1160. The SMILES string of the molecule is O=C1[C@H]2[C@H](CC=C3c4cc(Br)ccc4N(C(=O)C(F)(F)F)[C@H]32)C(=O)N1c1ccccc1. The fourth-order valence-corrected chi connectivity index (χ4v) is 5.15. The van der Waals surface area contributed by atoms with Crippen molar-refractivity contribution in [2.75, 3.05) is 9.80 Å². The van der Waals surface area contributed by atoms with Gasteiger partial charge in [0.25, 0.3) is 0 Å². The highest BCUT2D eigenvalue weighted by atomic mass is 79.9. The Hall–Kier alpha value is -2.94. The Balaban J connectivity index is 1.65. The van der Waals surface area contributed by atoms with E-state index in [9.17, 15) is 27.6 Å². The molecule has 9 heteroatoms. The van der Waals surface area contributed by atoms with Gasteiger partial charge in [-0.15, -0.1) is 0 Å². The molecule has 1 fully saturated rings. The third kappa shape index (κ3) is 2.86. The van der Waals surface area contributed by atoms with Crippen molar-refractivity contribution >= 4 is 50.6 Å². The highest BCUT2D eigenvalue weighted by Gasteiger charge is 2.60. The van der Waals surface area contributed by atoms with Gasteiger partial charge < -0.3 is 0 Å². The van der Waals surface area contributed by atoms with E-state index in [0.717, 1.165) is 4.90 Å². The third-order valence-electron chi connectivity index (χ3n) is 6.01. The molecule has 3 aliphatic rings. The summed E-state index contributed by atoms with van der Waals surface area (Å²) in [7, 11) is 0. The lowest BCUT2D eigenvalue weighted by molar-refractivity contribution is -0.171. The second-order valence-corrected chi connectivity index (χ2v) is 8.57. The van der Waals surface area contributed by atoms with Crippen LogP contribution in [0.15, 0.2) is 59.1 Å². The topological polar surface area (TPSA) is 57.7 Å². The van der Waals surface area contributed by atoms with Crippen molar-refractivity contribution in [3.8, 4) is 0 Å². The normalized spacial score (nSPS) is 24.6. The first-order chi connectivity index (χ1) is 14.7. The van der Waals surface area contributed by atoms with E-state index in [4.69, 9.17) is 0 Å². The molecule has 3 atom stereocenters. The van der Waals surface area contributed by atoms with Gasteiger partial charge in [-0.05, 0) is 42.3 Å². The van der Waals surface area contributed by atoms with E-state index in [1.54, 1.807) is 48.5 Å². The summed E-state index contributed by atoms with van der Waals surface area (Å²) in [6, 6.07) is 11.7. The minimum Gasteiger partial charge on any atom is -0.296 e. The molecule has 2 aliphatic heterocycles. The van der Waals surface area contributed by atoms with Crippen molar-refractivity contribution in [1.82, 2.24) is 0 Å². The van der Waals surface area contributed by atoms with Crippen LogP contribution >= 0.6 is 15.9 Å². The van der Waals surface area contributed by atoms with Gasteiger partial charge in [0, 0.05) is 10.0 Å². The molecule has 1 aliphatic carbocycles. The van der Waals surface area contributed by atoms with Gasteiger partial charge in [-0.1, -0.05) is 40.2 Å². The van der Waals surface area contributed by atoms with Gasteiger partial charge >= 0.3 is 12.1 Å². The minimum atomic E-state index is -5.13. The van der Waals surface area contributed by atoms with Crippen LogP contribution in [0.1, 0.15) is 12.0 Å². The van der Waals surface area contributed by atoms with Crippen molar-refractivity contribution in [2.24, 2.45) is 11.8 Å². The molecule has 0 bridgehead atoms. The summed E-state index contributed by atoms with van der Waals surface area (Å²) in [6.45, 7) is 0. The molecule has 2 aromatic carbocycles. The van der Waals surface area contributed by atoms with E-state index in [-0.39, 0.29) is 12.1 Å². The van der Waals surface area contributed by atoms with Crippen LogP contribution in [-0.4, -0.2) is 29.9 Å². The Labute approximate surface area is 183 Å². The molecule has 0 spiro atoms. The Morgan fingerprint density at radius 1 is 1.03 bits per heavy atom. The second-order valence-electron chi connectivity index (χ2n) is 7.65. The average Bonchev–Trinajstić information content (AvgIpc) is 3.18. The second kappa shape index (κ2) is 6.78. The maximum Gasteiger partial charge on any atom is 0.471 e. The van der Waals surface area contributed by atoms with Gasteiger partial charge in [0.15, 0.2) is 0 Å². The number of carbonyl (C=O) groups is 3. The minimum absolute atomic E-state index is 0.0841. The number of hydrogen-bond acceptors (Lipinski definition) is 3. The van der Waals surface area contributed by atoms with Gasteiger partial charge in [-0.3, -0.25) is 19.3 Å². The van der Waals surface area contributed by atoms with Gasteiger partial charge in [0.2, 0.25) is 11.8 Å². The predicted molar refractivity (Wildman–Crippen MR) is 110 cm³/mol. The number of hydrogen-bond donors (Lipinski definition) is 0. The summed E-state index contributed by atoms with van der Waals surface area (Å²) < 4.78 is 41.2. The number of fused-ring (bicyclic) bond motifs is 5. The molecule has 2 heterocycles. The lowest BCUT2D eigenvalue weighted by Gasteiger charge is -2.34. The molecule has 1 saturated heterocycles. The molecule has 31 heavy (non-hydrogen) atoms. The number of amides is 3. The van der Waals surface area contributed by atoms with Crippen LogP contribution in [0.3, 0.4) is 0 Å². The molecule has 0 saturated carbocycles. The highest BCUT2D eigenvalue weighted by molar-refractivity contribution is 9.10. The maximum absolute atomic E-state index is 13.5. The number of allylic oxidation sites excluding steroid dienone is 1. The molecule has 0 aromatic heterocycles. The average molecular weight is 491 g/mol. The molecule has 5 rings (SSSR count). The van der Waals surface area contributed by atoms with Crippen LogP contribution < -0.4 is 9.80 Å². The highest BCUT2D eigenvalue weighted by Crippen LogP contribution is 2.52. The molecule has 2 aromatic rings. The summed E-state index contributed by atoms with van der Waals surface area (Å²) in [6.07, 6.45) is -3.23. The number of nitrogens with zero attached hydrogens (tertiary/aromatic N) is 2. The van der Waals surface area contributed by atoms with Crippen LogP contribution in [0.5, 0.6) is 0 Å². The van der Waals surface area contributed by atoms with Gasteiger partial charge in [-0.2, -0.15) is 13.2 Å². The van der Waals surface area contributed by atoms with Crippen LogP contribution in [-0.2, 0) is 14.4 Å². The Morgan fingerprint density at radius 2 is 1.74 bits per heavy atom. The third-order valence-corrected chi connectivity index (χ3v) is 6.50. The van der Waals surface area contributed by atoms with Gasteiger partial charge in [0.05, 0.1) is 29.3 Å². The summed E-state index contributed by atoms with van der Waals surface area (Å²) in [5, 5.41) is 0. The number of rotatable bonds is 1. The predicted octanol–water partition coefficient (Wildman–Crippen LogP) is 4.32. The largest absolute Gasteiger partial charge is 0.471 e. The number of benzene rings is 2. The Morgan fingerprint density at radius 3 is 2.42 bits per heavy atom. The van der Waals surface area contributed by atoms with Crippen LogP contribution in [0, 0.1) is 11.8 Å². The van der Waals surface area contributed by atoms with E-state index in [0.29, 0.717) is 26.2 Å². The Kier molecular flexibility index (Phi) is 4.37. The number of alkyl halides is 3. The smallest absolute Gasteiger partial charge is 0.296 e. The number of carbonyl (C=O) groups excluding carboxylic acids is 3. The number of halogens is 4. The van der Waals surface area contributed by atoms with E-state index in [2.05, 4.69) is 15.9 Å². The molecule has 0 N–H and O–H groups in total. The monoisotopic (exact) mass is 490 g/mol. The summed E-state index contributed by atoms with van der Waals surface area (Å²) in [5.41, 5.74) is 1.36. The van der Waals surface area contributed by atoms with Gasteiger partial charge in [-0.25, -0.2) is 4.90 Å². The quantitative estimate of drug-likeness (QED) is 0.559. The van der Waals surface area contributed by atoms with Crippen LogP contribution in [0.2, 0.25) is 0 Å². The first-order valence-corrected chi connectivity index (χ1v) is 10.3. The van der Waals surface area contributed by atoms with Crippen LogP contribution in [0.25, 0.3) is 5.57 Å². The van der Waals surface area contributed by atoms with E-state index in [1.807, 2.05) is 0 Å². The lowest BCUT2D eigenvalue weighted by Crippen LogP contribution is -2.51. The first kappa shape index (κ1) is 20.0.